The number of hydrogen-bond donors (Lipinski definition) is 3. The average molecular weight is 1210 g/mol. The van der Waals surface area contributed by atoms with Gasteiger partial charge in [0.1, 0.15) is 19.3 Å². The molecule has 0 rings (SSSR count). The van der Waals surface area contributed by atoms with E-state index in [1.54, 1.807) is 0 Å². The van der Waals surface area contributed by atoms with Gasteiger partial charge in [-0.25, -0.2) is 9.13 Å². The van der Waals surface area contributed by atoms with Crippen LogP contribution < -0.4 is 0 Å². The first kappa shape index (κ1) is 80.1. The largest absolute Gasteiger partial charge is 0.472 e. The molecule has 0 bridgehead atoms. The first-order valence-corrected chi connectivity index (χ1v) is 35.7. The van der Waals surface area contributed by atoms with Gasteiger partial charge in [0.15, 0.2) is 12.2 Å². The topological polar surface area (TPSA) is 237 Å². The quantitative estimate of drug-likeness (QED) is 0.0222. The van der Waals surface area contributed by atoms with Gasteiger partial charge in [-0.1, -0.05) is 248 Å². The molecule has 0 saturated heterocycles. The molecule has 0 aliphatic rings. The van der Waals surface area contributed by atoms with Crippen molar-refractivity contribution in [1.29, 1.82) is 0 Å². The number of ether oxygens (including phenoxy) is 4. The Balaban J connectivity index is 5.22. The maximum atomic E-state index is 13.0. The highest BCUT2D eigenvalue weighted by Crippen LogP contribution is 2.45. The summed E-state index contributed by atoms with van der Waals surface area (Å²) in [6, 6.07) is 0. The van der Waals surface area contributed by atoms with Gasteiger partial charge >= 0.3 is 39.5 Å². The zero-order valence-corrected chi connectivity index (χ0v) is 54.9. The minimum Gasteiger partial charge on any atom is -0.462 e. The third kappa shape index (κ3) is 55.9. The second-order valence-corrected chi connectivity index (χ2v) is 27.4. The van der Waals surface area contributed by atoms with Gasteiger partial charge in [-0.2, -0.15) is 0 Å². The molecule has 486 valence electrons. The molecule has 3 unspecified atom stereocenters. The van der Waals surface area contributed by atoms with Crippen molar-refractivity contribution in [2.45, 2.75) is 318 Å². The highest BCUT2D eigenvalue weighted by Gasteiger charge is 2.30. The predicted molar refractivity (Wildman–Crippen MR) is 326 cm³/mol. The lowest BCUT2D eigenvalue weighted by molar-refractivity contribution is -0.161. The summed E-state index contributed by atoms with van der Waals surface area (Å²) in [5.41, 5.74) is 0. The van der Waals surface area contributed by atoms with Crippen molar-refractivity contribution in [2.24, 2.45) is 23.7 Å². The fourth-order valence-corrected chi connectivity index (χ4v) is 10.8. The average Bonchev–Trinajstić information content (AvgIpc) is 3.42. The predicted octanol–water partition coefficient (Wildman–Crippen LogP) is 17.0. The third-order valence-corrected chi connectivity index (χ3v) is 16.6. The van der Waals surface area contributed by atoms with Crippen LogP contribution in [0.25, 0.3) is 0 Å². The Morgan fingerprint density at radius 1 is 0.341 bits per heavy atom. The lowest BCUT2D eigenvalue weighted by Crippen LogP contribution is -2.30. The molecule has 0 spiro atoms. The van der Waals surface area contributed by atoms with Crippen molar-refractivity contribution in [3.05, 3.63) is 0 Å². The van der Waals surface area contributed by atoms with Crippen LogP contribution >= 0.6 is 15.6 Å². The summed E-state index contributed by atoms with van der Waals surface area (Å²) in [5, 5.41) is 10.5. The zero-order valence-electron chi connectivity index (χ0n) is 53.1. The molecule has 0 aliphatic heterocycles. The summed E-state index contributed by atoms with van der Waals surface area (Å²) in [6.07, 6.45) is 32.5. The Morgan fingerprint density at radius 3 is 0.866 bits per heavy atom. The van der Waals surface area contributed by atoms with Gasteiger partial charge in [0.25, 0.3) is 0 Å². The van der Waals surface area contributed by atoms with Gasteiger partial charge in [0.2, 0.25) is 0 Å². The minimum absolute atomic E-state index is 0.100. The number of phosphoric ester groups is 2. The van der Waals surface area contributed by atoms with Gasteiger partial charge in [-0.05, 0) is 49.4 Å². The van der Waals surface area contributed by atoms with E-state index in [9.17, 15) is 43.2 Å². The number of rotatable bonds is 60. The zero-order chi connectivity index (χ0) is 61.1. The van der Waals surface area contributed by atoms with Gasteiger partial charge in [-0.15, -0.1) is 0 Å². The van der Waals surface area contributed by atoms with Gasteiger partial charge < -0.3 is 33.8 Å². The Morgan fingerprint density at radius 2 is 0.585 bits per heavy atom. The molecule has 0 aromatic rings. The maximum absolute atomic E-state index is 13.0. The molecule has 0 amide bonds. The highest BCUT2D eigenvalue weighted by molar-refractivity contribution is 7.47. The van der Waals surface area contributed by atoms with Crippen LogP contribution in [0.4, 0.5) is 0 Å². The fourth-order valence-electron chi connectivity index (χ4n) is 9.22. The van der Waals surface area contributed by atoms with Crippen LogP contribution in [-0.2, 0) is 65.4 Å². The SMILES string of the molecule is CCC(C)CCCCCCCCCCCCC(=O)OC[C@H](COP(=O)(O)OC[C@@H](O)COP(=O)(O)OC[C@@H](COC(=O)CCCCCCCCC(C)C)OC(=O)CCCCCCCCC(C)C)OC(=O)CCCCCCCCCC(C)C. The molecular weight excluding hydrogens is 1090 g/mol. The molecule has 82 heavy (non-hydrogen) atoms. The van der Waals surface area contributed by atoms with E-state index in [0.717, 1.165) is 102 Å². The number of carbonyl (C=O) groups excluding carboxylic acids is 4. The van der Waals surface area contributed by atoms with Crippen molar-refractivity contribution in [2.75, 3.05) is 39.6 Å². The van der Waals surface area contributed by atoms with Crippen LogP contribution in [0.1, 0.15) is 299 Å². The molecule has 6 atom stereocenters. The van der Waals surface area contributed by atoms with Crippen molar-refractivity contribution < 1.29 is 80.2 Å². The summed E-state index contributed by atoms with van der Waals surface area (Å²) >= 11 is 0. The van der Waals surface area contributed by atoms with E-state index < -0.39 is 97.5 Å². The van der Waals surface area contributed by atoms with Crippen LogP contribution in [0.2, 0.25) is 0 Å². The molecule has 0 fully saturated rings. The Labute approximate surface area is 498 Å². The number of unbranched alkanes of at least 4 members (excludes halogenated alkanes) is 25. The first-order chi connectivity index (χ1) is 39.1. The van der Waals surface area contributed by atoms with E-state index >= 15 is 0 Å². The molecule has 0 radical (unpaired) electrons. The van der Waals surface area contributed by atoms with Crippen molar-refractivity contribution in [3.8, 4) is 0 Å². The number of aliphatic hydroxyl groups excluding tert-OH is 1. The van der Waals surface area contributed by atoms with E-state index in [1.165, 1.54) is 96.3 Å². The van der Waals surface area contributed by atoms with E-state index in [1.807, 2.05) is 0 Å². The molecule has 3 N–H and O–H groups in total. The smallest absolute Gasteiger partial charge is 0.462 e. The fraction of sp³-hybridized carbons (Fsp3) is 0.937. The van der Waals surface area contributed by atoms with Crippen LogP contribution in [0.15, 0.2) is 0 Å². The summed E-state index contributed by atoms with van der Waals surface area (Å²) in [6.45, 7) is 13.9. The second-order valence-electron chi connectivity index (χ2n) is 24.5. The molecule has 0 saturated carbocycles. The van der Waals surface area contributed by atoms with Crippen molar-refractivity contribution in [1.82, 2.24) is 0 Å². The lowest BCUT2D eigenvalue weighted by atomic mass is 9.99. The molecule has 19 heteroatoms. The van der Waals surface area contributed by atoms with Crippen LogP contribution in [-0.4, -0.2) is 96.7 Å². The lowest BCUT2D eigenvalue weighted by Gasteiger charge is -2.21. The molecule has 0 aromatic heterocycles. The number of esters is 4. The van der Waals surface area contributed by atoms with E-state index in [2.05, 4.69) is 55.4 Å². The normalized spacial score (nSPS) is 14.8. The van der Waals surface area contributed by atoms with Gasteiger partial charge in [0.05, 0.1) is 26.4 Å². The Kier molecular flexibility index (Phi) is 52.0. The molecule has 0 aromatic carbocycles. The third-order valence-electron chi connectivity index (χ3n) is 14.7. The standard InChI is InChI=1S/C63H122O17P2/c1-9-56(8)42-34-26-16-12-10-11-13-17-27-35-43-60(65)73-49-58(79-62(67)45-37-29-18-14-15-23-31-39-53(2)3)51-77-81(69,70)75-47-57(64)48-76-82(71,72)78-52-59(80-63(68)46-38-30-22-20-25-33-41-55(6)7)50-74-61(66)44-36-28-21-19-24-32-40-54(4)5/h53-59,64H,9-52H2,1-8H3,(H,69,70)(H,71,72)/t56?,57-,58-,59-/m1/s1. The van der Waals surface area contributed by atoms with Crippen LogP contribution in [0.3, 0.4) is 0 Å². The van der Waals surface area contributed by atoms with Gasteiger partial charge in [-0.3, -0.25) is 37.3 Å². The molecule has 17 nitrogen and oxygen atoms in total. The summed E-state index contributed by atoms with van der Waals surface area (Å²) in [7, 11) is -9.89. The van der Waals surface area contributed by atoms with E-state index in [4.69, 9.17) is 37.0 Å². The van der Waals surface area contributed by atoms with Crippen LogP contribution in [0, 0.1) is 23.7 Å². The Hall–Kier alpha value is -1.94. The molecular formula is C63H122O17P2. The highest BCUT2D eigenvalue weighted by atomic mass is 31.2. The summed E-state index contributed by atoms with van der Waals surface area (Å²) in [5.74, 6) is 0.707. The van der Waals surface area contributed by atoms with Crippen molar-refractivity contribution in [3.63, 3.8) is 0 Å². The number of aliphatic hydroxyl groups is 1. The monoisotopic (exact) mass is 1210 g/mol. The van der Waals surface area contributed by atoms with Gasteiger partial charge in [0, 0.05) is 25.7 Å². The Bertz CT molecular complexity index is 1650. The second kappa shape index (κ2) is 53.3. The molecule has 0 aliphatic carbocycles. The minimum atomic E-state index is -4.94. The molecule has 0 heterocycles. The number of carbonyl (C=O) groups is 4. The maximum Gasteiger partial charge on any atom is 0.472 e. The van der Waals surface area contributed by atoms with E-state index in [0.29, 0.717) is 43.4 Å². The number of hydrogen-bond acceptors (Lipinski definition) is 15. The van der Waals surface area contributed by atoms with Crippen LogP contribution in [0.5, 0.6) is 0 Å². The van der Waals surface area contributed by atoms with E-state index in [-0.39, 0.29) is 25.7 Å². The summed E-state index contributed by atoms with van der Waals surface area (Å²) in [4.78, 5) is 72.1. The summed E-state index contributed by atoms with van der Waals surface area (Å²) < 4.78 is 67.9. The number of phosphoric acid groups is 2. The van der Waals surface area contributed by atoms with Crippen molar-refractivity contribution >= 4 is 39.5 Å². The first-order valence-electron chi connectivity index (χ1n) is 32.7.